The third-order valence-corrected chi connectivity index (χ3v) is 3.49. The Bertz CT molecular complexity index is 348. The molecule has 0 aliphatic carbocycles. The molecule has 90 valence electrons. The van der Waals surface area contributed by atoms with E-state index in [4.69, 9.17) is 0 Å². The van der Waals surface area contributed by atoms with Crippen molar-refractivity contribution in [1.29, 1.82) is 0 Å². The molecule has 1 aromatic rings. The molecule has 0 amide bonds. The van der Waals surface area contributed by atoms with Crippen molar-refractivity contribution < 1.29 is 0 Å². The highest BCUT2D eigenvalue weighted by Gasteiger charge is 2.22. The Labute approximate surface area is 98.5 Å². The van der Waals surface area contributed by atoms with Crippen LogP contribution in [0.2, 0.25) is 0 Å². The predicted molar refractivity (Wildman–Crippen MR) is 66.6 cm³/mol. The molecule has 1 saturated heterocycles. The predicted octanol–water partition coefficient (Wildman–Crippen LogP) is 2.27. The Morgan fingerprint density at radius 3 is 2.69 bits per heavy atom. The van der Waals surface area contributed by atoms with Crippen LogP contribution in [0.25, 0.3) is 0 Å². The van der Waals surface area contributed by atoms with Gasteiger partial charge in [0.25, 0.3) is 0 Å². The molecule has 0 aromatic carbocycles. The number of hydrogen-bond acceptors (Lipinski definition) is 2. The lowest BCUT2D eigenvalue weighted by Crippen LogP contribution is -2.28. The first-order valence-electron chi connectivity index (χ1n) is 6.19. The summed E-state index contributed by atoms with van der Waals surface area (Å²) >= 11 is 0. The summed E-state index contributed by atoms with van der Waals surface area (Å²) in [6, 6.07) is 0.696. The second-order valence-electron chi connectivity index (χ2n) is 5.98. The zero-order chi connectivity index (χ0) is 11.8. The number of likely N-dealkylation sites (N-methyl/N-ethyl adjacent to an activating group) is 1. The highest BCUT2D eigenvalue weighted by Crippen LogP contribution is 2.21. The fourth-order valence-corrected chi connectivity index (χ4v) is 2.30. The number of aromatic nitrogens is 2. The molecule has 0 N–H and O–H groups in total. The highest BCUT2D eigenvalue weighted by atomic mass is 15.2. The fourth-order valence-electron chi connectivity index (χ4n) is 2.30. The zero-order valence-electron chi connectivity index (χ0n) is 10.9. The molecule has 0 spiro atoms. The number of imidazole rings is 1. The first kappa shape index (κ1) is 11.6. The summed E-state index contributed by atoms with van der Waals surface area (Å²) in [6.45, 7) is 8.95. The Morgan fingerprint density at radius 1 is 1.44 bits per heavy atom. The van der Waals surface area contributed by atoms with Crippen LogP contribution in [-0.2, 0) is 12.0 Å². The molecule has 0 unspecified atom stereocenters. The largest absolute Gasteiger partial charge is 0.336 e. The minimum absolute atomic E-state index is 0.160. The molecule has 0 bridgehead atoms. The average Bonchev–Trinajstić information content (AvgIpc) is 2.76. The summed E-state index contributed by atoms with van der Waals surface area (Å²) in [7, 11) is 2.22. The van der Waals surface area contributed by atoms with Crippen molar-refractivity contribution in [2.24, 2.45) is 0 Å². The molecule has 1 aliphatic heterocycles. The minimum atomic E-state index is 0.160. The van der Waals surface area contributed by atoms with Crippen LogP contribution >= 0.6 is 0 Å². The number of likely N-dealkylation sites (tertiary alicyclic amines) is 1. The van der Waals surface area contributed by atoms with Crippen LogP contribution in [0, 0.1) is 0 Å². The lowest BCUT2D eigenvalue weighted by atomic mass is 9.93. The molecule has 16 heavy (non-hydrogen) atoms. The standard InChI is InChI=1S/C13H23N3/c1-13(2,3)12-9-16(10-14-12)8-11-6-5-7-15(11)4/h9-11H,5-8H2,1-4H3/t11-/m1/s1. The van der Waals surface area contributed by atoms with E-state index >= 15 is 0 Å². The topological polar surface area (TPSA) is 21.1 Å². The molecule has 1 atom stereocenters. The first-order valence-corrected chi connectivity index (χ1v) is 6.19. The van der Waals surface area contributed by atoms with Crippen molar-refractivity contribution >= 4 is 0 Å². The maximum atomic E-state index is 4.50. The van der Waals surface area contributed by atoms with E-state index in [-0.39, 0.29) is 5.41 Å². The molecular formula is C13H23N3. The van der Waals surface area contributed by atoms with Gasteiger partial charge in [0, 0.05) is 24.2 Å². The van der Waals surface area contributed by atoms with Crippen LogP contribution in [0.5, 0.6) is 0 Å². The van der Waals surface area contributed by atoms with Crippen molar-refractivity contribution in [1.82, 2.24) is 14.5 Å². The van der Waals surface area contributed by atoms with Gasteiger partial charge in [0.1, 0.15) is 0 Å². The van der Waals surface area contributed by atoms with E-state index in [1.54, 1.807) is 0 Å². The van der Waals surface area contributed by atoms with Gasteiger partial charge in [0.15, 0.2) is 0 Å². The Morgan fingerprint density at radius 2 is 2.19 bits per heavy atom. The van der Waals surface area contributed by atoms with Crippen LogP contribution in [0.1, 0.15) is 39.3 Å². The van der Waals surface area contributed by atoms with Crippen molar-refractivity contribution in [3.63, 3.8) is 0 Å². The SMILES string of the molecule is CN1CCC[C@@H]1Cn1cnc(C(C)(C)C)c1. The third kappa shape index (κ3) is 2.46. The summed E-state index contributed by atoms with van der Waals surface area (Å²) in [6.07, 6.45) is 6.83. The zero-order valence-corrected chi connectivity index (χ0v) is 10.9. The van der Waals surface area contributed by atoms with Gasteiger partial charge in [0.2, 0.25) is 0 Å². The van der Waals surface area contributed by atoms with Gasteiger partial charge in [0.05, 0.1) is 12.0 Å². The van der Waals surface area contributed by atoms with E-state index in [9.17, 15) is 0 Å². The van der Waals surface area contributed by atoms with Gasteiger partial charge in [-0.25, -0.2) is 4.98 Å². The fraction of sp³-hybridized carbons (Fsp3) is 0.769. The Kier molecular flexibility index (Phi) is 3.06. The summed E-state index contributed by atoms with van der Waals surface area (Å²) in [5, 5.41) is 0. The van der Waals surface area contributed by atoms with Gasteiger partial charge in [-0.05, 0) is 26.4 Å². The van der Waals surface area contributed by atoms with Crippen molar-refractivity contribution in [2.75, 3.05) is 13.6 Å². The van der Waals surface area contributed by atoms with E-state index in [0.29, 0.717) is 6.04 Å². The molecule has 1 aliphatic rings. The van der Waals surface area contributed by atoms with E-state index < -0.39 is 0 Å². The lowest BCUT2D eigenvalue weighted by molar-refractivity contribution is 0.282. The molecule has 2 heterocycles. The van der Waals surface area contributed by atoms with Crippen LogP contribution < -0.4 is 0 Å². The quantitative estimate of drug-likeness (QED) is 0.764. The van der Waals surface area contributed by atoms with Gasteiger partial charge in [-0.15, -0.1) is 0 Å². The molecule has 0 saturated carbocycles. The number of nitrogens with zero attached hydrogens (tertiary/aromatic N) is 3. The van der Waals surface area contributed by atoms with Crippen LogP contribution in [0.4, 0.5) is 0 Å². The van der Waals surface area contributed by atoms with E-state index in [1.165, 1.54) is 25.1 Å². The van der Waals surface area contributed by atoms with Crippen molar-refractivity contribution in [2.45, 2.75) is 51.6 Å². The molecule has 1 aromatic heterocycles. The van der Waals surface area contributed by atoms with Gasteiger partial charge in [-0.2, -0.15) is 0 Å². The maximum absolute atomic E-state index is 4.50. The normalized spacial score (nSPS) is 22.9. The molecule has 3 nitrogen and oxygen atoms in total. The van der Waals surface area contributed by atoms with E-state index in [0.717, 1.165) is 6.54 Å². The average molecular weight is 221 g/mol. The second-order valence-corrected chi connectivity index (χ2v) is 5.98. The molecule has 3 heteroatoms. The molecule has 0 radical (unpaired) electrons. The summed E-state index contributed by atoms with van der Waals surface area (Å²) in [4.78, 5) is 6.95. The van der Waals surface area contributed by atoms with Gasteiger partial charge in [-0.1, -0.05) is 20.8 Å². The first-order chi connectivity index (χ1) is 7.47. The smallest absolute Gasteiger partial charge is 0.0950 e. The van der Waals surface area contributed by atoms with Crippen LogP contribution in [0.3, 0.4) is 0 Å². The molecule has 2 rings (SSSR count). The summed E-state index contributed by atoms with van der Waals surface area (Å²) in [5.41, 5.74) is 1.35. The Balaban J connectivity index is 2.03. The van der Waals surface area contributed by atoms with E-state index in [1.807, 2.05) is 6.33 Å². The maximum Gasteiger partial charge on any atom is 0.0950 e. The van der Waals surface area contributed by atoms with Gasteiger partial charge >= 0.3 is 0 Å². The molecular weight excluding hydrogens is 198 g/mol. The van der Waals surface area contributed by atoms with Crippen LogP contribution in [0.15, 0.2) is 12.5 Å². The lowest BCUT2D eigenvalue weighted by Gasteiger charge is -2.19. The van der Waals surface area contributed by atoms with Crippen molar-refractivity contribution in [3.8, 4) is 0 Å². The van der Waals surface area contributed by atoms with Crippen molar-refractivity contribution in [3.05, 3.63) is 18.2 Å². The monoisotopic (exact) mass is 221 g/mol. The second kappa shape index (κ2) is 4.21. The highest BCUT2D eigenvalue weighted by molar-refractivity contribution is 5.09. The number of rotatable bonds is 2. The minimum Gasteiger partial charge on any atom is -0.336 e. The van der Waals surface area contributed by atoms with Gasteiger partial charge < -0.3 is 9.47 Å². The van der Waals surface area contributed by atoms with Crippen LogP contribution in [-0.4, -0.2) is 34.1 Å². The van der Waals surface area contributed by atoms with Gasteiger partial charge in [-0.3, -0.25) is 0 Å². The molecule has 1 fully saturated rings. The third-order valence-electron chi connectivity index (χ3n) is 3.49. The summed E-state index contributed by atoms with van der Waals surface area (Å²) in [5.74, 6) is 0. The number of hydrogen-bond donors (Lipinski definition) is 0. The Hall–Kier alpha value is -0.830. The van der Waals surface area contributed by atoms with E-state index in [2.05, 4.69) is 48.5 Å². The summed E-state index contributed by atoms with van der Waals surface area (Å²) < 4.78 is 2.24.